The Labute approximate surface area is 171 Å². The summed E-state index contributed by atoms with van der Waals surface area (Å²) in [6.45, 7) is 5.54. The number of rotatable bonds is 4. The van der Waals surface area contributed by atoms with Crippen LogP contribution in [0.4, 0.5) is 11.4 Å². The lowest BCUT2D eigenvalue weighted by molar-refractivity contribution is 0.574. The number of anilines is 2. The Balaban J connectivity index is 2.01. The number of nitrogens with zero attached hydrogens (tertiary/aromatic N) is 1. The molecule has 1 aliphatic rings. The quantitative estimate of drug-likeness (QED) is 0.775. The van der Waals surface area contributed by atoms with Crippen LogP contribution in [0.15, 0.2) is 35.2 Å². The van der Waals surface area contributed by atoms with Gasteiger partial charge in [-0.2, -0.15) is 0 Å². The Hall–Kier alpha value is -1.77. The van der Waals surface area contributed by atoms with Crippen LogP contribution >= 0.6 is 11.6 Å². The average molecular weight is 443 g/mol. The highest BCUT2D eigenvalue weighted by molar-refractivity contribution is 7.93. The van der Waals surface area contributed by atoms with Crippen LogP contribution in [0, 0.1) is 20.8 Å². The smallest absolute Gasteiger partial charge is 0.262 e. The topological polar surface area (TPSA) is 83.6 Å². The molecule has 0 amide bonds. The molecule has 1 aliphatic heterocycles. The second kappa shape index (κ2) is 7.57. The molecule has 0 atom stereocenters. The lowest BCUT2D eigenvalue weighted by atomic mass is 10.1. The van der Waals surface area contributed by atoms with Crippen molar-refractivity contribution in [3.63, 3.8) is 0 Å². The van der Waals surface area contributed by atoms with Crippen molar-refractivity contribution in [1.29, 1.82) is 0 Å². The minimum atomic E-state index is -3.86. The first-order valence-electron chi connectivity index (χ1n) is 8.92. The van der Waals surface area contributed by atoms with Crippen molar-refractivity contribution >= 4 is 43.0 Å². The van der Waals surface area contributed by atoms with Crippen LogP contribution in [0.2, 0.25) is 5.02 Å². The van der Waals surface area contributed by atoms with E-state index in [0.717, 1.165) is 6.42 Å². The number of halogens is 1. The van der Waals surface area contributed by atoms with Crippen LogP contribution in [0.1, 0.15) is 29.5 Å². The Morgan fingerprint density at radius 2 is 1.79 bits per heavy atom. The third-order valence-corrected chi connectivity index (χ3v) is 8.69. The molecule has 2 aromatic rings. The molecule has 1 saturated heterocycles. The van der Waals surface area contributed by atoms with Gasteiger partial charge >= 0.3 is 0 Å². The number of nitrogens with one attached hydrogen (secondary N) is 1. The van der Waals surface area contributed by atoms with E-state index in [1.807, 2.05) is 0 Å². The molecule has 0 aliphatic carbocycles. The van der Waals surface area contributed by atoms with Gasteiger partial charge in [0.15, 0.2) is 0 Å². The van der Waals surface area contributed by atoms with Crippen molar-refractivity contribution in [3.05, 3.63) is 52.0 Å². The van der Waals surface area contributed by atoms with E-state index in [-0.39, 0.29) is 10.6 Å². The average Bonchev–Trinajstić information content (AvgIpc) is 2.60. The van der Waals surface area contributed by atoms with Gasteiger partial charge in [-0.25, -0.2) is 16.8 Å². The van der Waals surface area contributed by atoms with Crippen LogP contribution in [0.3, 0.4) is 0 Å². The van der Waals surface area contributed by atoms with Crippen molar-refractivity contribution in [1.82, 2.24) is 0 Å². The van der Waals surface area contributed by atoms with E-state index < -0.39 is 20.0 Å². The molecule has 0 spiro atoms. The van der Waals surface area contributed by atoms with Crippen molar-refractivity contribution in [2.45, 2.75) is 38.5 Å². The molecular formula is C19H23ClN2O4S2. The summed E-state index contributed by atoms with van der Waals surface area (Å²) < 4.78 is 54.8. The van der Waals surface area contributed by atoms with Gasteiger partial charge < -0.3 is 0 Å². The highest BCUT2D eigenvalue weighted by atomic mass is 35.5. The van der Waals surface area contributed by atoms with Crippen LogP contribution in [0.5, 0.6) is 0 Å². The van der Waals surface area contributed by atoms with Gasteiger partial charge in [-0.05, 0) is 74.6 Å². The maximum absolute atomic E-state index is 13.0. The fourth-order valence-electron chi connectivity index (χ4n) is 3.31. The van der Waals surface area contributed by atoms with Gasteiger partial charge in [0, 0.05) is 11.6 Å². The van der Waals surface area contributed by atoms with E-state index >= 15 is 0 Å². The van der Waals surface area contributed by atoms with Crippen LogP contribution in [-0.2, 0) is 20.0 Å². The molecule has 0 unspecified atom stereocenters. The van der Waals surface area contributed by atoms with E-state index in [9.17, 15) is 16.8 Å². The van der Waals surface area contributed by atoms with Gasteiger partial charge in [0.2, 0.25) is 10.0 Å². The minimum absolute atomic E-state index is 0.112. The summed E-state index contributed by atoms with van der Waals surface area (Å²) >= 11 is 6.08. The van der Waals surface area contributed by atoms with E-state index in [0.29, 0.717) is 46.1 Å². The van der Waals surface area contributed by atoms with E-state index in [1.54, 1.807) is 45.0 Å². The fraction of sp³-hybridized carbons (Fsp3) is 0.368. The van der Waals surface area contributed by atoms with E-state index in [2.05, 4.69) is 4.72 Å². The van der Waals surface area contributed by atoms with Crippen molar-refractivity contribution in [2.24, 2.45) is 0 Å². The summed E-state index contributed by atoms with van der Waals surface area (Å²) in [6.07, 6.45) is 1.43. The lowest BCUT2D eigenvalue weighted by Crippen LogP contribution is -2.38. The van der Waals surface area contributed by atoms with Crippen LogP contribution < -0.4 is 9.03 Å². The summed E-state index contributed by atoms with van der Waals surface area (Å²) in [7, 11) is -7.23. The van der Waals surface area contributed by atoms with Gasteiger partial charge in [-0.15, -0.1) is 0 Å². The maximum Gasteiger partial charge on any atom is 0.262 e. The summed E-state index contributed by atoms with van der Waals surface area (Å²) in [4.78, 5) is 0.113. The monoisotopic (exact) mass is 442 g/mol. The zero-order valence-electron chi connectivity index (χ0n) is 16.0. The molecule has 2 aromatic carbocycles. The lowest BCUT2D eigenvalue weighted by Gasteiger charge is -2.30. The van der Waals surface area contributed by atoms with Gasteiger partial charge in [0.25, 0.3) is 10.0 Å². The molecule has 1 fully saturated rings. The number of aryl methyl sites for hydroxylation is 2. The summed E-state index contributed by atoms with van der Waals surface area (Å²) in [6, 6.07) is 8.18. The summed E-state index contributed by atoms with van der Waals surface area (Å²) in [5.74, 6) is 0.112. The van der Waals surface area contributed by atoms with E-state index in [1.165, 1.54) is 10.4 Å². The Kier molecular flexibility index (Phi) is 5.67. The summed E-state index contributed by atoms with van der Waals surface area (Å²) in [5.41, 5.74) is 2.66. The molecule has 1 N–H and O–H groups in total. The number of benzene rings is 2. The zero-order chi connectivity index (χ0) is 20.7. The highest BCUT2D eigenvalue weighted by Crippen LogP contribution is 2.32. The Morgan fingerprint density at radius 3 is 2.46 bits per heavy atom. The first-order valence-corrected chi connectivity index (χ1v) is 12.4. The first kappa shape index (κ1) is 21.0. The molecule has 0 bridgehead atoms. The molecule has 0 aromatic heterocycles. The second-order valence-electron chi connectivity index (χ2n) is 7.02. The van der Waals surface area contributed by atoms with E-state index in [4.69, 9.17) is 11.6 Å². The molecule has 9 heteroatoms. The molecular weight excluding hydrogens is 420 g/mol. The third-order valence-electron chi connectivity index (χ3n) is 4.91. The zero-order valence-corrected chi connectivity index (χ0v) is 18.4. The number of sulfonamides is 2. The number of hydrogen-bond donors (Lipinski definition) is 1. The normalized spacial score (nSPS) is 16.8. The molecule has 152 valence electrons. The van der Waals surface area contributed by atoms with Crippen LogP contribution in [0.25, 0.3) is 0 Å². The SMILES string of the molecule is Cc1cc(S(=O)(=O)Nc2cccc(Cl)c2C)c(C)cc1N1CCCCS1(=O)=O. The molecule has 6 nitrogen and oxygen atoms in total. The van der Waals surface area contributed by atoms with Gasteiger partial charge in [-0.3, -0.25) is 9.03 Å². The van der Waals surface area contributed by atoms with Crippen molar-refractivity contribution in [3.8, 4) is 0 Å². The predicted octanol–water partition coefficient (Wildman–Crippen LogP) is 4.00. The van der Waals surface area contributed by atoms with Crippen LogP contribution in [-0.4, -0.2) is 29.1 Å². The number of hydrogen-bond acceptors (Lipinski definition) is 4. The molecule has 28 heavy (non-hydrogen) atoms. The van der Waals surface area contributed by atoms with Gasteiger partial charge in [0.1, 0.15) is 0 Å². The predicted molar refractivity (Wildman–Crippen MR) is 113 cm³/mol. The molecule has 0 radical (unpaired) electrons. The molecule has 0 saturated carbocycles. The largest absolute Gasteiger partial charge is 0.279 e. The molecule has 1 heterocycles. The van der Waals surface area contributed by atoms with Gasteiger partial charge in [-0.1, -0.05) is 17.7 Å². The maximum atomic E-state index is 13.0. The standard InChI is InChI=1S/C19H23ClN2O4S2/c1-13-12-19(28(25,26)21-17-8-6-7-16(20)15(17)3)14(2)11-18(13)22-9-4-5-10-27(22,23)24/h6-8,11-12,21H,4-5,9-10H2,1-3H3. The highest BCUT2D eigenvalue weighted by Gasteiger charge is 2.29. The van der Waals surface area contributed by atoms with Crippen molar-refractivity contribution < 1.29 is 16.8 Å². The first-order chi connectivity index (χ1) is 13.0. The fourth-order valence-corrected chi connectivity index (χ4v) is 6.61. The Bertz CT molecular complexity index is 1130. The molecule has 3 rings (SSSR count). The second-order valence-corrected chi connectivity index (χ2v) is 11.1. The summed E-state index contributed by atoms with van der Waals surface area (Å²) in [5, 5.41) is 0.471. The Morgan fingerprint density at radius 1 is 1.07 bits per heavy atom. The minimum Gasteiger partial charge on any atom is -0.279 e. The third kappa shape index (κ3) is 3.99. The van der Waals surface area contributed by atoms with Gasteiger partial charge in [0.05, 0.1) is 22.0 Å². The van der Waals surface area contributed by atoms with Crippen molar-refractivity contribution in [2.75, 3.05) is 21.3 Å².